The molecule has 0 aliphatic rings. The van der Waals surface area contributed by atoms with Crippen molar-refractivity contribution >= 4 is 11.9 Å². The Bertz CT molecular complexity index is 593. The van der Waals surface area contributed by atoms with Crippen molar-refractivity contribution in [1.82, 2.24) is 0 Å². The molecule has 0 bridgehead atoms. The van der Waals surface area contributed by atoms with Gasteiger partial charge in [0.15, 0.2) is 0 Å². The molecule has 0 amide bonds. The van der Waals surface area contributed by atoms with Crippen molar-refractivity contribution in [2.45, 2.75) is 225 Å². The minimum Gasteiger partial charge on any atom is -0.481 e. The van der Waals surface area contributed by atoms with Crippen molar-refractivity contribution in [3.05, 3.63) is 0 Å². The molecular formula is C39H76O5. The molecule has 0 aliphatic heterocycles. The summed E-state index contributed by atoms with van der Waals surface area (Å²) in [6, 6.07) is 0. The molecule has 0 saturated heterocycles. The molecule has 0 aromatic rings. The van der Waals surface area contributed by atoms with Crippen molar-refractivity contribution in [2.75, 3.05) is 6.61 Å². The predicted molar refractivity (Wildman–Crippen MR) is 187 cm³/mol. The molecule has 0 aliphatic carbocycles. The molecule has 0 heterocycles. The molecule has 5 nitrogen and oxygen atoms in total. The molecule has 5 heteroatoms. The molecule has 0 saturated carbocycles. The fourth-order valence-corrected chi connectivity index (χ4v) is 6.52. The van der Waals surface area contributed by atoms with E-state index in [2.05, 4.69) is 0 Å². The van der Waals surface area contributed by atoms with Crippen LogP contribution in [-0.4, -0.2) is 33.9 Å². The van der Waals surface area contributed by atoms with E-state index in [0.29, 0.717) is 25.4 Å². The molecule has 3 N–H and O–H groups in total. The molecule has 0 unspecified atom stereocenters. The minimum atomic E-state index is -0.662. The van der Waals surface area contributed by atoms with Crippen LogP contribution in [0.5, 0.6) is 0 Å². The Morgan fingerprint density at radius 2 is 0.500 bits per heavy atom. The van der Waals surface area contributed by atoms with Crippen LogP contribution in [0.15, 0.2) is 0 Å². The Kier molecular flexibility index (Phi) is 35.5. The van der Waals surface area contributed by atoms with Crippen LogP contribution in [0.3, 0.4) is 0 Å². The van der Waals surface area contributed by atoms with Gasteiger partial charge in [0.2, 0.25) is 0 Å². The fraction of sp³-hybridized carbons (Fsp3) is 0.949. The lowest BCUT2D eigenvalue weighted by molar-refractivity contribution is -0.138. The molecular weight excluding hydrogens is 548 g/mol. The van der Waals surface area contributed by atoms with Gasteiger partial charge in [0.1, 0.15) is 0 Å². The number of hydrogen-bond acceptors (Lipinski definition) is 3. The van der Waals surface area contributed by atoms with Crippen LogP contribution in [0.1, 0.15) is 225 Å². The highest BCUT2D eigenvalue weighted by atomic mass is 16.4. The second kappa shape index (κ2) is 36.4. The first-order valence-corrected chi connectivity index (χ1v) is 19.6. The van der Waals surface area contributed by atoms with Crippen LogP contribution in [0, 0.1) is 5.92 Å². The standard InChI is InChI=1S/C39H76O5/c40-36-37(33-29-25-21-17-13-9-5-3-7-11-15-19-23-27-31-35-39(43)44)32-28-24-20-16-12-8-4-1-2-6-10-14-18-22-26-30-34-38(41)42/h37,40H,1-36H2,(H,41,42)(H,43,44)/t37-/m0/s1. The number of unbranched alkanes of at least 4 members (excludes halogenated alkanes) is 29. The summed E-state index contributed by atoms with van der Waals surface area (Å²) >= 11 is 0. The van der Waals surface area contributed by atoms with Gasteiger partial charge >= 0.3 is 11.9 Å². The average Bonchev–Trinajstić information content (AvgIpc) is 3.00. The molecule has 0 rings (SSSR count). The Morgan fingerprint density at radius 1 is 0.318 bits per heavy atom. The lowest BCUT2D eigenvalue weighted by Gasteiger charge is -2.13. The third-order valence-electron chi connectivity index (χ3n) is 9.51. The van der Waals surface area contributed by atoms with Gasteiger partial charge in [-0.15, -0.1) is 0 Å². The first kappa shape index (κ1) is 42.9. The SMILES string of the molecule is O=C(O)CCCCCCCCCCCCCCCCCC[C@H](CO)CCCCCCCCCCCCCCCCCC(=O)O. The zero-order valence-corrected chi connectivity index (χ0v) is 29.2. The maximum atomic E-state index is 10.5. The van der Waals surface area contributed by atoms with Crippen molar-refractivity contribution in [3.8, 4) is 0 Å². The van der Waals surface area contributed by atoms with Crippen LogP contribution in [-0.2, 0) is 9.59 Å². The van der Waals surface area contributed by atoms with Gasteiger partial charge in [0, 0.05) is 19.4 Å². The molecule has 0 spiro atoms. The van der Waals surface area contributed by atoms with E-state index in [1.807, 2.05) is 0 Å². The summed E-state index contributed by atoms with van der Waals surface area (Å²) in [7, 11) is 0. The molecule has 0 fully saturated rings. The molecule has 44 heavy (non-hydrogen) atoms. The number of hydrogen-bond donors (Lipinski definition) is 3. The highest BCUT2D eigenvalue weighted by Crippen LogP contribution is 2.20. The van der Waals surface area contributed by atoms with E-state index in [0.717, 1.165) is 25.7 Å². The van der Waals surface area contributed by atoms with E-state index in [1.54, 1.807) is 0 Å². The van der Waals surface area contributed by atoms with Crippen LogP contribution in [0.25, 0.3) is 0 Å². The monoisotopic (exact) mass is 625 g/mol. The van der Waals surface area contributed by atoms with Crippen molar-refractivity contribution in [1.29, 1.82) is 0 Å². The Labute approximate surface area is 273 Å². The summed E-state index contributed by atoms with van der Waals surface area (Å²) in [4.78, 5) is 21.0. The van der Waals surface area contributed by atoms with Crippen LogP contribution < -0.4 is 0 Å². The second-order valence-corrected chi connectivity index (χ2v) is 13.9. The lowest BCUT2D eigenvalue weighted by Crippen LogP contribution is -2.06. The largest absolute Gasteiger partial charge is 0.481 e. The predicted octanol–water partition coefficient (Wildman–Crippen LogP) is 12.4. The highest BCUT2D eigenvalue weighted by molar-refractivity contribution is 5.66. The van der Waals surface area contributed by atoms with Gasteiger partial charge in [-0.2, -0.15) is 0 Å². The summed E-state index contributed by atoms with van der Waals surface area (Å²) in [6.07, 6.45) is 43.0. The number of carboxylic acids is 2. The minimum absolute atomic E-state index is 0.329. The first-order chi connectivity index (χ1) is 21.6. The van der Waals surface area contributed by atoms with Gasteiger partial charge in [-0.1, -0.05) is 186 Å². The van der Waals surface area contributed by atoms with E-state index in [9.17, 15) is 14.7 Å². The Morgan fingerprint density at radius 3 is 0.682 bits per heavy atom. The molecule has 0 radical (unpaired) electrons. The van der Waals surface area contributed by atoms with Gasteiger partial charge in [0.05, 0.1) is 0 Å². The maximum absolute atomic E-state index is 10.5. The van der Waals surface area contributed by atoms with E-state index in [1.165, 1.54) is 186 Å². The van der Waals surface area contributed by atoms with E-state index < -0.39 is 11.9 Å². The smallest absolute Gasteiger partial charge is 0.303 e. The van der Waals surface area contributed by atoms with Gasteiger partial charge in [-0.25, -0.2) is 0 Å². The summed E-state index contributed by atoms with van der Waals surface area (Å²) in [5, 5.41) is 27.1. The quantitative estimate of drug-likeness (QED) is 0.0594. The number of aliphatic hydroxyl groups is 1. The normalized spacial score (nSPS) is 12.1. The number of aliphatic carboxylic acids is 2. The van der Waals surface area contributed by atoms with Crippen molar-refractivity contribution in [3.63, 3.8) is 0 Å². The summed E-state index contributed by atoms with van der Waals surface area (Å²) in [5.41, 5.74) is 0. The summed E-state index contributed by atoms with van der Waals surface area (Å²) in [5.74, 6) is -0.799. The number of aliphatic hydroxyl groups excluding tert-OH is 1. The van der Waals surface area contributed by atoms with E-state index >= 15 is 0 Å². The lowest BCUT2D eigenvalue weighted by atomic mass is 9.94. The Hall–Kier alpha value is -1.10. The first-order valence-electron chi connectivity index (χ1n) is 19.6. The number of rotatable bonds is 38. The highest BCUT2D eigenvalue weighted by Gasteiger charge is 2.07. The van der Waals surface area contributed by atoms with Crippen molar-refractivity contribution < 1.29 is 24.9 Å². The third-order valence-corrected chi connectivity index (χ3v) is 9.51. The molecule has 0 aromatic carbocycles. The topological polar surface area (TPSA) is 94.8 Å². The maximum Gasteiger partial charge on any atom is 0.303 e. The van der Waals surface area contributed by atoms with E-state index in [4.69, 9.17) is 10.2 Å². The van der Waals surface area contributed by atoms with Crippen LogP contribution >= 0.6 is 0 Å². The molecule has 262 valence electrons. The van der Waals surface area contributed by atoms with Crippen LogP contribution in [0.4, 0.5) is 0 Å². The zero-order chi connectivity index (χ0) is 32.2. The van der Waals surface area contributed by atoms with Gasteiger partial charge in [0.25, 0.3) is 0 Å². The fourth-order valence-electron chi connectivity index (χ4n) is 6.52. The number of carboxylic acid groups (broad SMARTS) is 2. The van der Waals surface area contributed by atoms with E-state index in [-0.39, 0.29) is 0 Å². The molecule has 0 aromatic heterocycles. The average molecular weight is 625 g/mol. The third kappa shape index (κ3) is 37.1. The molecule has 1 atom stereocenters. The second-order valence-electron chi connectivity index (χ2n) is 13.9. The Balaban J connectivity index is 3.26. The summed E-state index contributed by atoms with van der Waals surface area (Å²) in [6.45, 7) is 0.373. The van der Waals surface area contributed by atoms with Crippen LogP contribution in [0.2, 0.25) is 0 Å². The van der Waals surface area contributed by atoms with Gasteiger partial charge in [-0.05, 0) is 31.6 Å². The number of carbonyl (C=O) groups is 2. The summed E-state index contributed by atoms with van der Waals surface area (Å²) < 4.78 is 0. The van der Waals surface area contributed by atoms with Gasteiger partial charge < -0.3 is 15.3 Å². The van der Waals surface area contributed by atoms with Crippen molar-refractivity contribution in [2.24, 2.45) is 5.92 Å². The zero-order valence-electron chi connectivity index (χ0n) is 29.2. The van der Waals surface area contributed by atoms with Gasteiger partial charge in [-0.3, -0.25) is 9.59 Å².